The largest absolute Gasteiger partial charge is 0.417 e. The van der Waals surface area contributed by atoms with Gasteiger partial charge in [-0.05, 0) is 36.4 Å². The summed E-state index contributed by atoms with van der Waals surface area (Å²) in [6, 6.07) is 10.1. The molecule has 10 heteroatoms. The zero-order chi connectivity index (χ0) is 18.9. The van der Waals surface area contributed by atoms with Crippen molar-refractivity contribution in [1.29, 1.82) is 0 Å². The Kier molecular flexibility index (Phi) is 4.45. The van der Waals surface area contributed by atoms with Crippen LogP contribution in [0.15, 0.2) is 59.8 Å². The SMILES string of the molecule is Cn1cnnc1-c1ccc(NS(=O)(=O)c2ccccc2C(F)(F)F)cc1. The number of hydrogen-bond acceptors (Lipinski definition) is 4. The number of halogens is 3. The van der Waals surface area contributed by atoms with Crippen molar-refractivity contribution in [3.8, 4) is 11.4 Å². The van der Waals surface area contributed by atoms with Crippen LogP contribution in [0.2, 0.25) is 0 Å². The van der Waals surface area contributed by atoms with E-state index >= 15 is 0 Å². The van der Waals surface area contributed by atoms with Gasteiger partial charge in [0.2, 0.25) is 0 Å². The van der Waals surface area contributed by atoms with Crippen LogP contribution in [0.25, 0.3) is 11.4 Å². The molecule has 1 N–H and O–H groups in total. The number of benzene rings is 2. The Labute approximate surface area is 147 Å². The van der Waals surface area contributed by atoms with Gasteiger partial charge in [0.1, 0.15) is 6.33 Å². The Hall–Kier alpha value is -2.88. The van der Waals surface area contributed by atoms with Gasteiger partial charge >= 0.3 is 6.18 Å². The second kappa shape index (κ2) is 6.45. The normalized spacial score (nSPS) is 12.2. The number of anilines is 1. The summed E-state index contributed by atoms with van der Waals surface area (Å²) in [6.07, 6.45) is -3.26. The van der Waals surface area contributed by atoms with Gasteiger partial charge in [-0.3, -0.25) is 4.72 Å². The summed E-state index contributed by atoms with van der Waals surface area (Å²) in [6.45, 7) is 0. The monoisotopic (exact) mass is 382 g/mol. The minimum Gasteiger partial charge on any atom is -0.317 e. The molecule has 0 aliphatic heterocycles. The number of nitrogens with zero attached hydrogens (tertiary/aromatic N) is 3. The number of alkyl halides is 3. The van der Waals surface area contributed by atoms with Crippen molar-refractivity contribution in [2.75, 3.05) is 4.72 Å². The van der Waals surface area contributed by atoms with E-state index in [0.29, 0.717) is 11.4 Å². The molecule has 0 aliphatic rings. The molecule has 26 heavy (non-hydrogen) atoms. The average Bonchev–Trinajstić information content (AvgIpc) is 3.00. The molecule has 1 aromatic heterocycles. The first-order chi connectivity index (χ1) is 12.2. The highest BCUT2D eigenvalue weighted by molar-refractivity contribution is 7.92. The second-order valence-electron chi connectivity index (χ2n) is 5.44. The molecule has 0 spiro atoms. The van der Waals surface area contributed by atoms with Gasteiger partial charge in [-0.25, -0.2) is 8.42 Å². The van der Waals surface area contributed by atoms with Gasteiger partial charge in [0.15, 0.2) is 5.82 Å². The van der Waals surface area contributed by atoms with E-state index in [1.165, 1.54) is 24.5 Å². The van der Waals surface area contributed by atoms with Crippen LogP contribution >= 0.6 is 0 Å². The number of nitrogens with one attached hydrogen (secondary N) is 1. The molecule has 1 heterocycles. The minimum absolute atomic E-state index is 0.132. The van der Waals surface area contributed by atoms with Crippen molar-refractivity contribution in [2.24, 2.45) is 7.05 Å². The topological polar surface area (TPSA) is 76.9 Å². The molecule has 0 aliphatic carbocycles. The van der Waals surface area contributed by atoms with Gasteiger partial charge in [-0.1, -0.05) is 12.1 Å². The quantitative estimate of drug-likeness (QED) is 0.751. The van der Waals surface area contributed by atoms with Crippen molar-refractivity contribution in [3.05, 3.63) is 60.4 Å². The van der Waals surface area contributed by atoms with Crippen LogP contribution in [0.3, 0.4) is 0 Å². The van der Waals surface area contributed by atoms with Crippen molar-refractivity contribution < 1.29 is 21.6 Å². The van der Waals surface area contributed by atoms with Gasteiger partial charge in [0.25, 0.3) is 10.0 Å². The van der Waals surface area contributed by atoms with Gasteiger partial charge in [-0.15, -0.1) is 10.2 Å². The molecular formula is C16H13F3N4O2S. The summed E-state index contributed by atoms with van der Waals surface area (Å²) in [4.78, 5) is -0.829. The Morgan fingerprint density at radius 1 is 1.04 bits per heavy atom. The first-order valence-corrected chi connectivity index (χ1v) is 8.80. The number of hydrogen-bond donors (Lipinski definition) is 1. The first kappa shape index (κ1) is 17.9. The molecular weight excluding hydrogens is 369 g/mol. The van der Waals surface area contributed by atoms with E-state index in [1.807, 2.05) is 0 Å². The third-order valence-corrected chi connectivity index (χ3v) is 5.03. The first-order valence-electron chi connectivity index (χ1n) is 7.32. The summed E-state index contributed by atoms with van der Waals surface area (Å²) >= 11 is 0. The van der Waals surface area contributed by atoms with Gasteiger partial charge < -0.3 is 4.57 Å². The molecule has 0 atom stereocenters. The Bertz CT molecular complexity index is 1030. The van der Waals surface area contributed by atoms with Gasteiger partial charge in [0.05, 0.1) is 10.5 Å². The van der Waals surface area contributed by atoms with Gasteiger partial charge in [-0.2, -0.15) is 13.2 Å². The molecule has 0 fully saturated rings. The zero-order valence-electron chi connectivity index (χ0n) is 13.4. The van der Waals surface area contributed by atoms with Crippen LogP contribution in [0.1, 0.15) is 5.56 Å². The third kappa shape index (κ3) is 3.54. The molecule has 3 rings (SSSR count). The number of rotatable bonds is 4. The van der Waals surface area contributed by atoms with E-state index in [-0.39, 0.29) is 5.69 Å². The standard InChI is InChI=1S/C16H13F3N4O2S/c1-23-10-20-21-15(23)11-6-8-12(9-7-11)22-26(24,25)14-5-3-2-4-13(14)16(17,18)19/h2-10,22H,1H3. The lowest BCUT2D eigenvalue weighted by molar-refractivity contribution is -0.139. The van der Waals surface area contributed by atoms with E-state index in [2.05, 4.69) is 14.9 Å². The van der Waals surface area contributed by atoms with Crippen LogP contribution in [0, 0.1) is 0 Å². The molecule has 0 bridgehead atoms. The summed E-state index contributed by atoms with van der Waals surface area (Å²) in [7, 11) is -2.66. The Morgan fingerprint density at radius 3 is 2.27 bits per heavy atom. The van der Waals surface area contributed by atoms with Crippen molar-refractivity contribution in [1.82, 2.24) is 14.8 Å². The van der Waals surface area contributed by atoms with E-state index in [0.717, 1.165) is 18.2 Å². The van der Waals surface area contributed by atoms with E-state index in [9.17, 15) is 21.6 Å². The molecule has 0 saturated carbocycles. The summed E-state index contributed by atoms with van der Waals surface area (Å²) in [5, 5.41) is 7.67. The highest BCUT2D eigenvalue weighted by atomic mass is 32.2. The molecule has 136 valence electrons. The number of aryl methyl sites for hydroxylation is 1. The molecule has 3 aromatic rings. The average molecular weight is 382 g/mol. The van der Waals surface area contributed by atoms with E-state index in [1.54, 1.807) is 23.7 Å². The maximum absolute atomic E-state index is 13.1. The fourth-order valence-corrected chi connectivity index (χ4v) is 3.66. The van der Waals surface area contributed by atoms with Crippen LogP contribution < -0.4 is 4.72 Å². The lowest BCUT2D eigenvalue weighted by atomic mass is 10.2. The minimum atomic E-state index is -4.78. The number of sulfonamides is 1. The van der Waals surface area contributed by atoms with Crippen molar-refractivity contribution in [3.63, 3.8) is 0 Å². The molecule has 0 unspecified atom stereocenters. The van der Waals surface area contributed by atoms with E-state index < -0.39 is 26.7 Å². The zero-order valence-corrected chi connectivity index (χ0v) is 14.2. The molecule has 6 nitrogen and oxygen atoms in total. The Morgan fingerprint density at radius 2 is 1.69 bits per heavy atom. The van der Waals surface area contributed by atoms with Crippen molar-refractivity contribution in [2.45, 2.75) is 11.1 Å². The highest BCUT2D eigenvalue weighted by Gasteiger charge is 2.36. The van der Waals surface area contributed by atoms with Crippen LogP contribution in [-0.2, 0) is 23.2 Å². The summed E-state index contributed by atoms with van der Waals surface area (Å²) in [5.41, 5.74) is -0.403. The molecule has 0 radical (unpaired) electrons. The highest BCUT2D eigenvalue weighted by Crippen LogP contribution is 2.34. The molecule has 2 aromatic carbocycles. The Balaban J connectivity index is 1.91. The fourth-order valence-electron chi connectivity index (χ4n) is 2.38. The van der Waals surface area contributed by atoms with Crippen molar-refractivity contribution >= 4 is 15.7 Å². The van der Waals surface area contributed by atoms with Crippen LogP contribution in [0.4, 0.5) is 18.9 Å². The lowest BCUT2D eigenvalue weighted by Gasteiger charge is -2.14. The second-order valence-corrected chi connectivity index (χ2v) is 7.09. The number of aromatic nitrogens is 3. The lowest BCUT2D eigenvalue weighted by Crippen LogP contribution is -2.18. The van der Waals surface area contributed by atoms with Gasteiger partial charge in [0, 0.05) is 18.3 Å². The smallest absolute Gasteiger partial charge is 0.317 e. The summed E-state index contributed by atoms with van der Waals surface area (Å²) in [5.74, 6) is 0.571. The van der Waals surface area contributed by atoms with E-state index in [4.69, 9.17) is 0 Å². The van der Waals surface area contributed by atoms with Crippen LogP contribution in [0.5, 0.6) is 0 Å². The predicted molar refractivity (Wildman–Crippen MR) is 88.7 cm³/mol. The predicted octanol–water partition coefficient (Wildman–Crippen LogP) is 3.30. The molecule has 0 saturated heterocycles. The fraction of sp³-hybridized carbons (Fsp3) is 0.125. The maximum Gasteiger partial charge on any atom is 0.417 e. The third-order valence-electron chi connectivity index (χ3n) is 3.59. The maximum atomic E-state index is 13.1. The summed E-state index contributed by atoms with van der Waals surface area (Å²) < 4.78 is 67.8. The van der Waals surface area contributed by atoms with Crippen LogP contribution in [-0.4, -0.2) is 23.2 Å². The molecule has 0 amide bonds.